The molecule has 7 heteroatoms. The van der Waals surface area contributed by atoms with Gasteiger partial charge in [-0.25, -0.2) is 4.79 Å². The summed E-state index contributed by atoms with van der Waals surface area (Å²) >= 11 is 0. The molecular formula is C20H22N2O5. The van der Waals surface area contributed by atoms with Gasteiger partial charge >= 0.3 is 5.97 Å². The Morgan fingerprint density at radius 2 is 2.07 bits per heavy atom. The molecule has 1 aromatic rings. The Balaban J connectivity index is 2.12. The van der Waals surface area contributed by atoms with Crippen LogP contribution < -0.4 is 5.73 Å². The van der Waals surface area contributed by atoms with Gasteiger partial charge in [0.05, 0.1) is 36.9 Å². The zero-order valence-corrected chi connectivity index (χ0v) is 15.5. The maximum absolute atomic E-state index is 12.6. The van der Waals surface area contributed by atoms with Gasteiger partial charge in [0.2, 0.25) is 5.88 Å². The summed E-state index contributed by atoms with van der Waals surface area (Å²) in [5.74, 6) is -2.00. The van der Waals surface area contributed by atoms with E-state index in [9.17, 15) is 10.1 Å². The predicted molar refractivity (Wildman–Crippen MR) is 96.3 cm³/mol. The third-order valence-electron chi connectivity index (χ3n) is 4.40. The molecule has 1 aromatic carbocycles. The van der Waals surface area contributed by atoms with Crippen molar-refractivity contribution >= 4 is 11.7 Å². The standard InChI is InChI=1S/C20H22N2O5/c1-4-24-19(23)16-15(14-11-25-20(2,3)27-14)13(10-21)17(26-18(16)22)12-8-6-5-7-9-12/h5-9,14-15H,4,11,22H2,1-3H3/t14?,15-/m0/s1. The number of carbonyl (C=O) groups is 1. The minimum Gasteiger partial charge on any atom is -0.462 e. The Morgan fingerprint density at radius 1 is 1.37 bits per heavy atom. The fourth-order valence-electron chi connectivity index (χ4n) is 3.27. The zero-order chi connectivity index (χ0) is 19.6. The van der Waals surface area contributed by atoms with Crippen LogP contribution in [0, 0.1) is 17.2 Å². The molecule has 1 saturated heterocycles. The first-order valence-corrected chi connectivity index (χ1v) is 8.74. The quantitative estimate of drug-likeness (QED) is 0.812. The van der Waals surface area contributed by atoms with Crippen LogP contribution in [0.5, 0.6) is 0 Å². The monoisotopic (exact) mass is 370 g/mol. The number of hydrogen-bond donors (Lipinski definition) is 1. The summed E-state index contributed by atoms with van der Waals surface area (Å²) in [7, 11) is 0. The van der Waals surface area contributed by atoms with Crippen LogP contribution in [0.2, 0.25) is 0 Å². The second-order valence-corrected chi connectivity index (χ2v) is 6.67. The Hall–Kier alpha value is -2.82. The topological polar surface area (TPSA) is 104 Å². The van der Waals surface area contributed by atoms with Crippen molar-refractivity contribution < 1.29 is 23.7 Å². The highest BCUT2D eigenvalue weighted by Gasteiger charge is 2.47. The molecule has 0 bridgehead atoms. The second-order valence-electron chi connectivity index (χ2n) is 6.67. The highest BCUT2D eigenvalue weighted by molar-refractivity contribution is 5.92. The minimum absolute atomic E-state index is 0.0828. The number of benzene rings is 1. The van der Waals surface area contributed by atoms with Crippen molar-refractivity contribution in [3.8, 4) is 6.07 Å². The van der Waals surface area contributed by atoms with Crippen molar-refractivity contribution in [2.75, 3.05) is 13.2 Å². The summed E-state index contributed by atoms with van der Waals surface area (Å²) in [5.41, 5.74) is 7.12. The van der Waals surface area contributed by atoms with E-state index in [4.69, 9.17) is 24.7 Å². The summed E-state index contributed by atoms with van der Waals surface area (Å²) in [5, 5.41) is 9.90. The number of rotatable bonds is 4. The number of hydrogen-bond acceptors (Lipinski definition) is 7. The van der Waals surface area contributed by atoms with E-state index in [-0.39, 0.29) is 30.2 Å². The molecule has 0 amide bonds. The van der Waals surface area contributed by atoms with E-state index in [1.165, 1.54) is 0 Å². The highest BCUT2D eigenvalue weighted by atomic mass is 16.7. The van der Waals surface area contributed by atoms with Gasteiger partial charge in [0.25, 0.3) is 0 Å². The summed E-state index contributed by atoms with van der Waals surface area (Å²) in [6.45, 7) is 5.63. The molecule has 1 fully saturated rings. The van der Waals surface area contributed by atoms with E-state index in [1.807, 2.05) is 30.3 Å². The lowest BCUT2D eigenvalue weighted by Crippen LogP contribution is -2.36. The Kier molecular flexibility index (Phi) is 5.22. The molecule has 2 aliphatic rings. The van der Waals surface area contributed by atoms with Crippen LogP contribution in [0.3, 0.4) is 0 Å². The normalized spacial score (nSPS) is 24.4. The van der Waals surface area contributed by atoms with E-state index >= 15 is 0 Å². The van der Waals surface area contributed by atoms with Crippen LogP contribution in [0.4, 0.5) is 0 Å². The molecule has 0 aliphatic carbocycles. The summed E-state index contributed by atoms with van der Waals surface area (Å²) in [6, 6.07) is 11.3. The Bertz CT molecular complexity index is 836. The number of nitrogens with zero attached hydrogens (tertiary/aromatic N) is 1. The molecule has 0 aromatic heterocycles. The molecule has 2 heterocycles. The molecule has 2 aliphatic heterocycles. The van der Waals surface area contributed by atoms with E-state index < -0.39 is 23.8 Å². The first-order valence-electron chi connectivity index (χ1n) is 8.74. The smallest absolute Gasteiger partial charge is 0.340 e. The summed E-state index contributed by atoms with van der Waals surface area (Å²) in [4.78, 5) is 12.6. The predicted octanol–water partition coefficient (Wildman–Crippen LogP) is 2.45. The van der Waals surface area contributed by atoms with Crippen molar-refractivity contribution in [1.82, 2.24) is 0 Å². The average Bonchev–Trinajstić information content (AvgIpc) is 3.01. The van der Waals surface area contributed by atoms with E-state index in [2.05, 4.69) is 6.07 Å². The number of carbonyl (C=O) groups excluding carboxylic acids is 1. The molecular weight excluding hydrogens is 348 g/mol. The van der Waals surface area contributed by atoms with Gasteiger partial charge in [-0.1, -0.05) is 30.3 Å². The van der Waals surface area contributed by atoms with Gasteiger partial charge in [-0.2, -0.15) is 5.26 Å². The fraction of sp³-hybridized carbons (Fsp3) is 0.400. The molecule has 0 spiro atoms. The van der Waals surface area contributed by atoms with Gasteiger partial charge < -0.3 is 24.7 Å². The molecule has 0 saturated carbocycles. The lowest BCUT2D eigenvalue weighted by Gasteiger charge is -2.31. The van der Waals surface area contributed by atoms with Gasteiger partial charge in [0, 0.05) is 5.56 Å². The molecule has 27 heavy (non-hydrogen) atoms. The van der Waals surface area contributed by atoms with Crippen LogP contribution >= 0.6 is 0 Å². The molecule has 0 radical (unpaired) electrons. The maximum Gasteiger partial charge on any atom is 0.340 e. The first kappa shape index (κ1) is 19.0. The number of esters is 1. The Morgan fingerprint density at radius 3 is 2.63 bits per heavy atom. The van der Waals surface area contributed by atoms with Crippen LogP contribution in [-0.2, 0) is 23.7 Å². The van der Waals surface area contributed by atoms with Crippen LogP contribution in [0.25, 0.3) is 5.76 Å². The lowest BCUT2D eigenvalue weighted by molar-refractivity contribution is -0.146. The second kappa shape index (κ2) is 7.43. The van der Waals surface area contributed by atoms with Crippen LogP contribution in [0.1, 0.15) is 26.3 Å². The molecule has 2 atom stereocenters. The minimum atomic E-state index is -0.828. The highest BCUT2D eigenvalue weighted by Crippen LogP contribution is 2.42. The van der Waals surface area contributed by atoms with E-state index in [0.717, 1.165) is 0 Å². The molecule has 2 N–H and O–H groups in total. The average molecular weight is 370 g/mol. The summed E-state index contributed by atoms with van der Waals surface area (Å²) < 4.78 is 22.5. The van der Waals surface area contributed by atoms with E-state index in [0.29, 0.717) is 11.3 Å². The van der Waals surface area contributed by atoms with Gasteiger partial charge in [-0.15, -0.1) is 0 Å². The van der Waals surface area contributed by atoms with Crippen LogP contribution in [-0.4, -0.2) is 31.1 Å². The molecule has 142 valence electrons. The summed E-state index contributed by atoms with van der Waals surface area (Å²) in [6.07, 6.45) is -0.574. The molecule has 3 rings (SSSR count). The third kappa shape index (κ3) is 3.68. The van der Waals surface area contributed by atoms with Crippen molar-refractivity contribution in [2.45, 2.75) is 32.7 Å². The lowest BCUT2D eigenvalue weighted by atomic mass is 9.83. The molecule has 1 unspecified atom stereocenters. The van der Waals surface area contributed by atoms with Crippen molar-refractivity contribution in [1.29, 1.82) is 5.26 Å². The third-order valence-corrected chi connectivity index (χ3v) is 4.40. The number of ether oxygens (including phenoxy) is 4. The largest absolute Gasteiger partial charge is 0.462 e. The maximum atomic E-state index is 12.6. The van der Waals surface area contributed by atoms with Crippen molar-refractivity contribution in [2.24, 2.45) is 11.7 Å². The van der Waals surface area contributed by atoms with E-state index in [1.54, 1.807) is 20.8 Å². The van der Waals surface area contributed by atoms with Crippen LogP contribution in [0.15, 0.2) is 47.4 Å². The number of nitriles is 1. The van der Waals surface area contributed by atoms with Crippen molar-refractivity contribution in [3.63, 3.8) is 0 Å². The molecule has 7 nitrogen and oxygen atoms in total. The first-order chi connectivity index (χ1) is 12.9. The van der Waals surface area contributed by atoms with Crippen molar-refractivity contribution in [3.05, 3.63) is 52.9 Å². The fourth-order valence-corrected chi connectivity index (χ4v) is 3.27. The van der Waals surface area contributed by atoms with Gasteiger partial charge in [0.15, 0.2) is 11.5 Å². The number of nitrogens with two attached hydrogens (primary N) is 1. The van der Waals surface area contributed by atoms with Gasteiger partial charge in [-0.05, 0) is 20.8 Å². The SMILES string of the molecule is CCOC(=O)C1=C(N)OC(c2ccccc2)=C(C#N)[C@H]1C1COC(C)(C)O1. The van der Waals surface area contributed by atoms with Gasteiger partial charge in [0.1, 0.15) is 5.57 Å². The van der Waals surface area contributed by atoms with Gasteiger partial charge in [-0.3, -0.25) is 0 Å². The zero-order valence-electron chi connectivity index (χ0n) is 15.5. The Labute approximate surface area is 157 Å².